The van der Waals surface area contributed by atoms with Gasteiger partial charge in [0.2, 0.25) is 0 Å². The van der Waals surface area contributed by atoms with E-state index in [4.69, 9.17) is 14.8 Å². The number of amides is 2. The van der Waals surface area contributed by atoms with Crippen LogP contribution < -0.4 is 15.0 Å². The van der Waals surface area contributed by atoms with Crippen molar-refractivity contribution in [3.8, 4) is 5.75 Å². The van der Waals surface area contributed by atoms with Crippen LogP contribution in [0.15, 0.2) is 30.3 Å². The van der Waals surface area contributed by atoms with Crippen molar-refractivity contribution >= 4 is 23.3 Å². The third-order valence-corrected chi connectivity index (χ3v) is 7.24. The minimum Gasteiger partial charge on any atom is -0.483 e. The number of nitrogens with one attached hydrogen (secondary N) is 1. The summed E-state index contributed by atoms with van der Waals surface area (Å²) in [5, 5.41) is 7.78. The lowest BCUT2D eigenvalue weighted by atomic mass is 9.98. The van der Waals surface area contributed by atoms with Gasteiger partial charge in [-0.1, -0.05) is 0 Å². The molecule has 2 bridgehead atoms. The fourth-order valence-electron chi connectivity index (χ4n) is 5.12. The summed E-state index contributed by atoms with van der Waals surface area (Å²) in [6, 6.07) is 7.62. The van der Waals surface area contributed by atoms with Crippen LogP contribution in [0.1, 0.15) is 65.8 Å². The lowest BCUT2D eigenvalue weighted by Gasteiger charge is -2.35. The molecule has 1 saturated carbocycles. The van der Waals surface area contributed by atoms with Crippen LogP contribution in [0, 0.1) is 5.82 Å². The zero-order valence-corrected chi connectivity index (χ0v) is 20.2. The van der Waals surface area contributed by atoms with Crippen LogP contribution in [0.2, 0.25) is 0 Å². The number of benzene rings is 1. The molecule has 10 heteroatoms. The number of halogens is 1. The summed E-state index contributed by atoms with van der Waals surface area (Å²) in [5.41, 5.74) is 2.68. The Morgan fingerprint density at radius 3 is 2.75 bits per heavy atom. The van der Waals surface area contributed by atoms with Gasteiger partial charge in [0.05, 0.1) is 17.3 Å². The Labute approximate surface area is 208 Å². The molecule has 1 N–H and O–H groups in total. The number of hydrogen-bond acceptors (Lipinski definition) is 6. The third-order valence-electron chi connectivity index (χ3n) is 7.24. The number of hydrogen-bond donors (Lipinski definition) is 1. The van der Waals surface area contributed by atoms with E-state index in [-0.39, 0.29) is 35.8 Å². The molecular weight excluding hydrogens is 463 g/mol. The van der Waals surface area contributed by atoms with E-state index in [1.54, 1.807) is 4.90 Å². The molecule has 9 nitrogen and oxygen atoms in total. The maximum absolute atomic E-state index is 14.2. The predicted octanol–water partition coefficient (Wildman–Crippen LogP) is 3.06. The van der Waals surface area contributed by atoms with Crippen LogP contribution in [-0.4, -0.2) is 64.6 Å². The van der Waals surface area contributed by atoms with Crippen LogP contribution in [-0.2, 0) is 4.79 Å². The molecule has 3 aliphatic rings. The number of rotatable bonds is 1. The highest BCUT2D eigenvalue weighted by atomic mass is 19.1. The van der Waals surface area contributed by atoms with Gasteiger partial charge in [-0.25, -0.2) is 9.37 Å². The summed E-state index contributed by atoms with van der Waals surface area (Å²) in [5.74, 6) is 0.377. The average Bonchev–Trinajstić information content (AvgIpc) is 3.65. The van der Waals surface area contributed by atoms with E-state index in [2.05, 4.69) is 16.3 Å². The first-order valence-corrected chi connectivity index (χ1v) is 12.6. The van der Waals surface area contributed by atoms with Crippen molar-refractivity contribution < 1.29 is 18.7 Å². The first kappa shape index (κ1) is 22.8. The lowest BCUT2D eigenvalue weighted by Crippen LogP contribution is -2.39. The topological polar surface area (TPSA) is 92.1 Å². The molecule has 6 rings (SSSR count). The fraction of sp³-hybridized carbons (Fsp3) is 0.462. The fourth-order valence-corrected chi connectivity index (χ4v) is 5.12. The van der Waals surface area contributed by atoms with Gasteiger partial charge in [0.15, 0.2) is 12.3 Å². The molecule has 1 aliphatic carbocycles. The maximum Gasteiger partial charge on any atom is 0.258 e. The molecule has 1 atom stereocenters. The zero-order chi connectivity index (χ0) is 24.8. The summed E-state index contributed by atoms with van der Waals surface area (Å²) in [7, 11) is 1.97. The number of ether oxygens (including phenoxy) is 1. The monoisotopic (exact) mass is 492 g/mol. The number of anilines is 1. The van der Waals surface area contributed by atoms with Crippen LogP contribution in [0.25, 0.3) is 5.65 Å². The van der Waals surface area contributed by atoms with E-state index < -0.39 is 5.82 Å². The highest BCUT2D eigenvalue weighted by Crippen LogP contribution is 2.41. The lowest BCUT2D eigenvalue weighted by molar-refractivity contribution is -0.123. The second-order valence-electron chi connectivity index (χ2n) is 9.86. The quantitative estimate of drug-likeness (QED) is 0.562. The van der Waals surface area contributed by atoms with Crippen molar-refractivity contribution in [2.24, 2.45) is 0 Å². The molecule has 2 fully saturated rings. The number of fused-ring (bicyclic) bond motifs is 4. The van der Waals surface area contributed by atoms with Gasteiger partial charge in [-0.2, -0.15) is 9.61 Å². The van der Waals surface area contributed by atoms with Gasteiger partial charge in [-0.3, -0.25) is 9.59 Å². The summed E-state index contributed by atoms with van der Waals surface area (Å²) < 4.78 is 21.7. The molecular formula is C26H29FN6O3. The number of carbonyl (C=O) groups excluding carboxylic acids is 2. The summed E-state index contributed by atoms with van der Waals surface area (Å²) in [6.45, 7) is 1.24. The van der Waals surface area contributed by atoms with E-state index in [1.165, 1.54) is 18.2 Å². The van der Waals surface area contributed by atoms with E-state index in [0.29, 0.717) is 25.6 Å². The number of aromatic nitrogens is 3. The number of piperidine rings is 1. The van der Waals surface area contributed by atoms with Gasteiger partial charge < -0.3 is 19.9 Å². The summed E-state index contributed by atoms with van der Waals surface area (Å²) in [4.78, 5) is 34.9. The highest BCUT2D eigenvalue weighted by Gasteiger charge is 2.33. The Kier molecular flexibility index (Phi) is 5.73. The predicted molar refractivity (Wildman–Crippen MR) is 131 cm³/mol. The van der Waals surface area contributed by atoms with Gasteiger partial charge in [-0.05, 0) is 50.3 Å². The first-order chi connectivity index (χ1) is 17.5. The smallest absolute Gasteiger partial charge is 0.258 e. The Morgan fingerprint density at radius 2 is 1.92 bits per heavy atom. The molecule has 2 aliphatic heterocycles. The molecule has 3 aromatic rings. The minimum atomic E-state index is -0.532. The Hall–Kier alpha value is -3.69. The van der Waals surface area contributed by atoms with Crippen LogP contribution in [0.4, 0.5) is 10.2 Å². The van der Waals surface area contributed by atoms with Crippen LogP contribution in [0.5, 0.6) is 5.75 Å². The van der Waals surface area contributed by atoms with E-state index in [9.17, 15) is 14.0 Å². The molecule has 0 radical (unpaired) electrons. The van der Waals surface area contributed by atoms with Gasteiger partial charge in [0, 0.05) is 50.4 Å². The molecule has 36 heavy (non-hydrogen) atoms. The van der Waals surface area contributed by atoms with Gasteiger partial charge in [-0.15, -0.1) is 0 Å². The normalized spacial score (nSPS) is 21.2. The van der Waals surface area contributed by atoms with Crippen molar-refractivity contribution in [3.05, 3.63) is 53.1 Å². The van der Waals surface area contributed by atoms with E-state index >= 15 is 0 Å². The molecule has 2 amide bonds. The first-order valence-electron chi connectivity index (χ1n) is 12.6. The molecule has 0 spiro atoms. The molecule has 2 aromatic heterocycles. The second-order valence-corrected chi connectivity index (χ2v) is 9.86. The van der Waals surface area contributed by atoms with Gasteiger partial charge >= 0.3 is 0 Å². The maximum atomic E-state index is 14.2. The van der Waals surface area contributed by atoms with Gasteiger partial charge in [0.25, 0.3) is 11.8 Å². The molecule has 1 aromatic carbocycles. The number of nitrogens with zero attached hydrogens (tertiary/aromatic N) is 5. The minimum absolute atomic E-state index is 0.111. The molecule has 188 valence electrons. The van der Waals surface area contributed by atoms with E-state index in [1.807, 2.05) is 17.6 Å². The molecule has 4 heterocycles. The summed E-state index contributed by atoms with van der Waals surface area (Å²) >= 11 is 0. The van der Waals surface area contributed by atoms with Crippen molar-refractivity contribution in [2.75, 3.05) is 38.2 Å². The zero-order valence-electron chi connectivity index (χ0n) is 20.2. The van der Waals surface area contributed by atoms with Gasteiger partial charge in [0.1, 0.15) is 17.4 Å². The summed E-state index contributed by atoms with van der Waals surface area (Å²) in [6.07, 6.45) is 4.82. The highest BCUT2D eigenvalue weighted by molar-refractivity contribution is 5.97. The standard InChI is InChI=1S/C26H29FN6O3/c1-31-11-9-28-24(34)15-36-22-8-7-17(27)12-18(22)26(35)32-10-3-2-4-21(32)20-13-23-29-19(16-5-6-16)14-25(31)33(23)30-20/h7-8,12-14,16,21H,2-6,9-11,15H2,1H3,(H,28,34). The van der Waals surface area contributed by atoms with Crippen LogP contribution in [0.3, 0.4) is 0 Å². The average molecular weight is 493 g/mol. The Morgan fingerprint density at radius 1 is 1.06 bits per heavy atom. The SMILES string of the molecule is CN1CCNC(=O)COc2ccc(F)cc2C(=O)N2CCCCC2c2cc3nc(C4CC4)cc1n3n2. The number of carbonyl (C=O) groups is 2. The van der Waals surface area contributed by atoms with Crippen molar-refractivity contribution in [1.29, 1.82) is 0 Å². The largest absolute Gasteiger partial charge is 0.483 e. The van der Waals surface area contributed by atoms with Crippen molar-refractivity contribution in [2.45, 2.75) is 44.1 Å². The molecule has 1 unspecified atom stereocenters. The Bertz CT molecular complexity index is 1340. The molecule has 1 saturated heterocycles. The van der Waals surface area contributed by atoms with Crippen LogP contribution >= 0.6 is 0 Å². The Balaban J connectivity index is 1.47. The number of likely N-dealkylation sites (N-methyl/N-ethyl adjacent to an activating group) is 1. The van der Waals surface area contributed by atoms with E-state index in [0.717, 1.165) is 55.0 Å². The van der Waals surface area contributed by atoms with Crippen molar-refractivity contribution in [3.63, 3.8) is 0 Å². The second kappa shape index (κ2) is 9.07. The third kappa shape index (κ3) is 4.25. The van der Waals surface area contributed by atoms with Crippen molar-refractivity contribution in [1.82, 2.24) is 24.8 Å².